The van der Waals surface area contributed by atoms with Crippen LogP contribution in [0.15, 0.2) is 24.3 Å². The summed E-state index contributed by atoms with van der Waals surface area (Å²) < 4.78 is 20.5. The Hall–Kier alpha value is -2.32. The first-order valence-electron chi connectivity index (χ1n) is 7.91. The third-order valence-corrected chi connectivity index (χ3v) is 3.33. The smallest absolute Gasteiger partial charge is 0.307 e. The van der Waals surface area contributed by atoms with Crippen LogP contribution in [0.5, 0.6) is 11.5 Å². The summed E-state index contributed by atoms with van der Waals surface area (Å²) in [6.45, 7) is 0.641. The van der Waals surface area contributed by atoms with Gasteiger partial charge in [0.2, 0.25) is 0 Å². The van der Waals surface area contributed by atoms with Gasteiger partial charge in [-0.25, -0.2) is 0 Å². The number of hydrogen-bond donors (Lipinski definition) is 1. The Morgan fingerprint density at radius 3 is 2.44 bits per heavy atom. The summed E-state index contributed by atoms with van der Waals surface area (Å²) in [5.41, 5.74) is 0. The van der Waals surface area contributed by atoms with Crippen molar-refractivity contribution in [3.05, 3.63) is 24.3 Å². The Labute approximate surface area is 147 Å². The van der Waals surface area contributed by atoms with Gasteiger partial charge in [0, 0.05) is 13.1 Å². The van der Waals surface area contributed by atoms with E-state index in [0.717, 1.165) is 0 Å². The number of nitrogens with zero attached hydrogens (tertiary/aromatic N) is 1. The molecule has 0 aliphatic heterocycles. The van der Waals surface area contributed by atoms with E-state index in [0.29, 0.717) is 11.5 Å². The van der Waals surface area contributed by atoms with Crippen LogP contribution in [0.4, 0.5) is 0 Å². The van der Waals surface area contributed by atoms with Crippen LogP contribution in [-0.4, -0.2) is 75.6 Å². The van der Waals surface area contributed by atoms with E-state index in [4.69, 9.17) is 19.3 Å². The number of esters is 1. The van der Waals surface area contributed by atoms with Crippen molar-refractivity contribution in [1.29, 1.82) is 0 Å². The number of ether oxygens (including phenoxy) is 4. The zero-order chi connectivity index (χ0) is 18.5. The summed E-state index contributed by atoms with van der Waals surface area (Å²) in [4.78, 5) is 25.2. The summed E-state index contributed by atoms with van der Waals surface area (Å²) in [6.07, 6.45) is 0.0803. The molecule has 0 heterocycles. The fourth-order valence-electron chi connectivity index (χ4n) is 2.00. The van der Waals surface area contributed by atoms with Gasteiger partial charge in [-0.2, -0.15) is 0 Å². The van der Waals surface area contributed by atoms with Crippen LogP contribution >= 0.6 is 0 Å². The maximum absolute atomic E-state index is 12.4. The van der Waals surface area contributed by atoms with Gasteiger partial charge in [-0.3, -0.25) is 9.59 Å². The lowest BCUT2D eigenvalue weighted by Gasteiger charge is -2.22. The van der Waals surface area contributed by atoms with Crippen molar-refractivity contribution in [2.24, 2.45) is 0 Å². The van der Waals surface area contributed by atoms with Gasteiger partial charge < -0.3 is 29.0 Å². The molecule has 1 N–H and O–H groups in total. The maximum Gasteiger partial charge on any atom is 0.307 e. The SMILES string of the molecule is COC(=O)CCN(CCOCCO)C(=O)COc1ccccc1OC. The molecule has 25 heavy (non-hydrogen) atoms. The zero-order valence-corrected chi connectivity index (χ0v) is 14.6. The molecule has 0 aliphatic carbocycles. The second-order valence-electron chi connectivity index (χ2n) is 4.98. The van der Waals surface area contributed by atoms with Crippen molar-refractivity contribution < 1.29 is 33.6 Å². The second-order valence-corrected chi connectivity index (χ2v) is 4.98. The first-order chi connectivity index (χ1) is 12.1. The van der Waals surface area contributed by atoms with Crippen LogP contribution in [0.25, 0.3) is 0 Å². The van der Waals surface area contributed by atoms with E-state index < -0.39 is 5.97 Å². The highest BCUT2D eigenvalue weighted by Gasteiger charge is 2.16. The number of methoxy groups -OCH3 is 2. The van der Waals surface area contributed by atoms with Crippen LogP contribution in [0, 0.1) is 0 Å². The molecule has 0 spiro atoms. The van der Waals surface area contributed by atoms with E-state index in [1.54, 1.807) is 24.3 Å². The van der Waals surface area contributed by atoms with E-state index in [2.05, 4.69) is 4.74 Å². The van der Waals surface area contributed by atoms with Crippen molar-refractivity contribution in [2.45, 2.75) is 6.42 Å². The maximum atomic E-state index is 12.4. The summed E-state index contributed by atoms with van der Waals surface area (Å²) >= 11 is 0. The normalized spacial score (nSPS) is 10.2. The Kier molecular flexibility index (Phi) is 10.0. The monoisotopic (exact) mass is 355 g/mol. The molecule has 1 amide bonds. The fraction of sp³-hybridized carbons (Fsp3) is 0.529. The lowest BCUT2D eigenvalue weighted by molar-refractivity contribution is -0.142. The minimum Gasteiger partial charge on any atom is -0.493 e. The minimum atomic E-state index is -0.403. The average Bonchev–Trinajstić information content (AvgIpc) is 2.65. The number of carbonyl (C=O) groups excluding carboxylic acids is 2. The molecule has 0 unspecified atom stereocenters. The molecule has 0 atom stereocenters. The molecular formula is C17H25NO7. The summed E-state index contributed by atoms with van der Waals surface area (Å²) in [5, 5.41) is 8.71. The molecule has 0 saturated heterocycles. The molecule has 1 aromatic rings. The van der Waals surface area contributed by atoms with Crippen molar-refractivity contribution >= 4 is 11.9 Å². The summed E-state index contributed by atoms with van der Waals surface area (Å²) in [5.74, 6) is 0.299. The average molecular weight is 355 g/mol. The van der Waals surface area contributed by atoms with Crippen molar-refractivity contribution in [2.75, 3.05) is 53.7 Å². The lowest BCUT2D eigenvalue weighted by atomic mass is 10.3. The molecule has 0 radical (unpaired) electrons. The van der Waals surface area contributed by atoms with Gasteiger partial charge in [-0.05, 0) is 12.1 Å². The van der Waals surface area contributed by atoms with Crippen molar-refractivity contribution in [3.63, 3.8) is 0 Å². The van der Waals surface area contributed by atoms with Crippen molar-refractivity contribution in [1.82, 2.24) is 4.90 Å². The molecule has 8 heteroatoms. The van der Waals surface area contributed by atoms with Crippen LogP contribution in [-0.2, 0) is 19.1 Å². The van der Waals surface area contributed by atoms with E-state index in [1.807, 2.05) is 0 Å². The highest BCUT2D eigenvalue weighted by atomic mass is 16.5. The van der Waals surface area contributed by atoms with Crippen LogP contribution in [0.3, 0.4) is 0 Å². The zero-order valence-electron chi connectivity index (χ0n) is 14.6. The first kappa shape index (κ1) is 20.7. The van der Waals surface area contributed by atoms with E-state index in [1.165, 1.54) is 19.1 Å². The first-order valence-corrected chi connectivity index (χ1v) is 7.91. The van der Waals surface area contributed by atoms with Gasteiger partial charge in [0.15, 0.2) is 18.1 Å². The predicted octanol–water partition coefficient (Wildman–Crippen LogP) is 0.475. The topological polar surface area (TPSA) is 94.5 Å². The Morgan fingerprint density at radius 1 is 1.08 bits per heavy atom. The highest BCUT2D eigenvalue weighted by Crippen LogP contribution is 2.25. The molecule has 1 rings (SSSR count). The molecule has 0 aliphatic rings. The van der Waals surface area contributed by atoms with Crippen molar-refractivity contribution in [3.8, 4) is 11.5 Å². The Bertz CT molecular complexity index is 535. The number of benzene rings is 1. The molecule has 0 aromatic heterocycles. The largest absolute Gasteiger partial charge is 0.493 e. The minimum absolute atomic E-state index is 0.0803. The van der Waals surface area contributed by atoms with Gasteiger partial charge in [-0.1, -0.05) is 12.1 Å². The third-order valence-electron chi connectivity index (χ3n) is 3.33. The predicted molar refractivity (Wildman–Crippen MR) is 89.6 cm³/mol. The number of hydrogen-bond acceptors (Lipinski definition) is 7. The molecule has 0 bridgehead atoms. The van der Waals surface area contributed by atoms with Gasteiger partial charge >= 0.3 is 5.97 Å². The highest BCUT2D eigenvalue weighted by molar-refractivity contribution is 5.78. The fourth-order valence-corrected chi connectivity index (χ4v) is 2.00. The number of amides is 1. The number of para-hydroxylation sites is 2. The number of rotatable bonds is 12. The Balaban J connectivity index is 2.58. The number of carbonyl (C=O) groups is 2. The van der Waals surface area contributed by atoms with Gasteiger partial charge in [0.25, 0.3) is 5.91 Å². The van der Waals surface area contributed by atoms with E-state index in [9.17, 15) is 9.59 Å². The number of aliphatic hydroxyl groups excluding tert-OH is 1. The van der Waals surface area contributed by atoms with Crippen LogP contribution in [0.1, 0.15) is 6.42 Å². The molecule has 0 saturated carbocycles. The van der Waals surface area contributed by atoms with Crippen LogP contribution in [0.2, 0.25) is 0 Å². The lowest BCUT2D eigenvalue weighted by Crippen LogP contribution is -2.39. The van der Waals surface area contributed by atoms with Gasteiger partial charge in [0.1, 0.15) is 0 Å². The van der Waals surface area contributed by atoms with Gasteiger partial charge in [-0.15, -0.1) is 0 Å². The number of aliphatic hydroxyl groups is 1. The molecule has 1 aromatic carbocycles. The summed E-state index contributed by atoms with van der Waals surface area (Å²) in [7, 11) is 2.81. The molecular weight excluding hydrogens is 330 g/mol. The second kappa shape index (κ2) is 12.1. The Morgan fingerprint density at radius 2 is 1.80 bits per heavy atom. The van der Waals surface area contributed by atoms with Gasteiger partial charge in [0.05, 0.1) is 40.5 Å². The third kappa shape index (κ3) is 7.86. The molecule has 140 valence electrons. The molecule has 8 nitrogen and oxygen atoms in total. The standard InChI is InChI=1S/C17H25NO7/c1-22-14-5-3-4-6-15(14)25-13-16(20)18(8-7-17(21)23-2)9-11-24-12-10-19/h3-6,19H,7-13H2,1-2H3. The van der Waals surface area contributed by atoms with Crippen LogP contribution < -0.4 is 9.47 Å². The quantitative estimate of drug-likeness (QED) is 0.430. The van der Waals surface area contributed by atoms with E-state index >= 15 is 0 Å². The molecule has 0 fully saturated rings. The summed E-state index contributed by atoms with van der Waals surface area (Å²) in [6, 6.07) is 7.02. The van der Waals surface area contributed by atoms with E-state index in [-0.39, 0.29) is 51.8 Å².